The van der Waals surface area contributed by atoms with Gasteiger partial charge in [-0.15, -0.1) is 11.3 Å². The molecule has 0 aliphatic rings. The number of nitrogen functional groups attached to an aromatic ring is 1. The summed E-state index contributed by atoms with van der Waals surface area (Å²) in [6, 6.07) is 0.245. The Hall–Kier alpha value is -1.67. The number of thiazole rings is 2. The fraction of sp³-hybridized carbons (Fsp3) is 0.462. The molecule has 0 aliphatic carbocycles. The van der Waals surface area contributed by atoms with Gasteiger partial charge in [-0.2, -0.15) is 0 Å². The van der Waals surface area contributed by atoms with Crippen LogP contribution in [0, 0.1) is 0 Å². The van der Waals surface area contributed by atoms with E-state index in [0.29, 0.717) is 16.6 Å². The molecule has 0 aliphatic heterocycles. The molecule has 0 unspecified atom stereocenters. The lowest BCUT2D eigenvalue weighted by Crippen LogP contribution is -2.22. The van der Waals surface area contributed by atoms with E-state index < -0.39 is 0 Å². The smallest absolute Gasteiger partial charge is 0.265 e. The number of aryl methyl sites for hydroxylation is 1. The minimum absolute atomic E-state index is 0.213. The zero-order chi connectivity index (χ0) is 15.4. The van der Waals surface area contributed by atoms with Crippen molar-refractivity contribution < 1.29 is 4.79 Å². The molecule has 21 heavy (non-hydrogen) atoms. The second kappa shape index (κ2) is 6.86. The summed E-state index contributed by atoms with van der Waals surface area (Å²) < 4.78 is 0. The third kappa shape index (κ3) is 4.15. The van der Waals surface area contributed by atoms with Crippen LogP contribution in [0.4, 0.5) is 10.9 Å². The van der Waals surface area contributed by atoms with Gasteiger partial charge in [0, 0.05) is 17.1 Å². The van der Waals surface area contributed by atoms with Crippen molar-refractivity contribution in [2.75, 3.05) is 11.1 Å². The Labute approximate surface area is 131 Å². The van der Waals surface area contributed by atoms with E-state index in [2.05, 4.69) is 27.5 Å². The number of rotatable bonds is 6. The quantitative estimate of drug-likeness (QED) is 0.759. The van der Waals surface area contributed by atoms with Crippen LogP contribution in [0.25, 0.3) is 0 Å². The maximum atomic E-state index is 12.1. The van der Waals surface area contributed by atoms with Gasteiger partial charge in [0.15, 0.2) is 5.13 Å². The summed E-state index contributed by atoms with van der Waals surface area (Å²) in [5.41, 5.74) is 5.80. The third-order valence-electron chi connectivity index (χ3n) is 2.62. The molecule has 0 saturated carbocycles. The Morgan fingerprint density at radius 2 is 2.19 bits per heavy atom. The van der Waals surface area contributed by atoms with Gasteiger partial charge in [-0.05, 0) is 20.3 Å². The molecule has 2 rings (SSSR count). The zero-order valence-electron chi connectivity index (χ0n) is 12.3. The molecule has 0 bridgehead atoms. The van der Waals surface area contributed by atoms with Crippen LogP contribution in [-0.4, -0.2) is 21.9 Å². The van der Waals surface area contributed by atoms with Crippen molar-refractivity contribution in [1.82, 2.24) is 15.3 Å². The van der Waals surface area contributed by atoms with Crippen molar-refractivity contribution in [3.63, 3.8) is 0 Å². The van der Waals surface area contributed by atoms with Gasteiger partial charge in [0.05, 0.1) is 6.54 Å². The lowest BCUT2D eigenvalue weighted by atomic mass is 10.4. The van der Waals surface area contributed by atoms with Gasteiger partial charge in [0.1, 0.15) is 15.7 Å². The molecule has 0 saturated heterocycles. The van der Waals surface area contributed by atoms with Gasteiger partial charge in [-0.3, -0.25) is 4.79 Å². The molecule has 0 aromatic carbocycles. The van der Waals surface area contributed by atoms with Crippen molar-refractivity contribution >= 4 is 39.5 Å². The minimum atomic E-state index is -0.213. The number of anilines is 2. The predicted molar refractivity (Wildman–Crippen MR) is 87.9 cm³/mol. The van der Waals surface area contributed by atoms with E-state index in [-0.39, 0.29) is 17.8 Å². The van der Waals surface area contributed by atoms with Crippen LogP contribution in [-0.2, 0) is 13.0 Å². The van der Waals surface area contributed by atoms with Gasteiger partial charge in [-0.1, -0.05) is 18.3 Å². The van der Waals surface area contributed by atoms with Crippen molar-refractivity contribution in [2.45, 2.75) is 39.8 Å². The topological polar surface area (TPSA) is 92.9 Å². The maximum Gasteiger partial charge on any atom is 0.265 e. The van der Waals surface area contributed by atoms with E-state index in [1.807, 2.05) is 20.0 Å². The first-order valence-corrected chi connectivity index (χ1v) is 8.37. The number of amides is 1. The van der Waals surface area contributed by atoms with Crippen LogP contribution in [0.15, 0.2) is 6.20 Å². The lowest BCUT2D eigenvalue weighted by Gasteiger charge is -2.04. The van der Waals surface area contributed by atoms with E-state index in [0.717, 1.165) is 11.4 Å². The Bertz CT molecular complexity index is 620. The Morgan fingerprint density at radius 3 is 2.81 bits per heavy atom. The first-order chi connectivity index (χ1) is 9.99. The van der Waals surface area contributed by atoms with Crippen LogP contribution in [0.1, 0.15) is 40.3 Å². The van der Waals surface area contributed by atoms with Crippen LogP contribution in [0.2, 0.25) is 0 Å². The van der Waals surface area contributed by atoms with Gasteiger partial charge in [0.25, 0.3) is 5.91 Å². The number of nitrogens with one attached hydrogen (secondary N) is 2. The average molecular weight is 325 g/mol. The Balaban J connectivity index is 1.98. The molecule has 0 radical (unpaired) electrons. The van der Waals surface area contributed by atoms with Crippen LogP contribution >= 0.6 is 22.7 Å². The number of hydrogen-bond donors (Lipinski definition) is 3. The second-order valence-corrected chi connectivity index (χ2v) is 6.99. The first-order valence-electron chi connectivity index (χ1n) is 6.74. The maximum absolute atomic E-state index is 12.1. The van der Waals surface area contributed by atoms with E-state index >= 15 is 0 Å². The highest BCUT2D eigenvalue weighted by Crippen LogP contribution is 2.25. The highest BCUT2D eigenvalue weighted by molar-refractivity contribution is 7.18. The number of aromatic nitrogens is 2. The van der Waals surface area contributed by atoms with E-state index in [1.54, 1.807) is 11.3 Å². The summed E-state index contributed by atoms with van der Waals surface area (Å²) in [5.74, 6) is 0.0455. The predicted octanol–water partition coefficient (Wildman–Crippen LogP) is 2.49. The molecular formula is C13H19N5OS2. The number of nitrogens with zero attached hydrogens (tertiary/aromatic N) is 2. The summed E-state index contributed by atoms with van der Waals surface area (Å²) in [5, 5.41) is 7.53. The molecule has 4 N–H and O–H groups in total. The van der Waals surface area contributed by atoms with Gasteiger partial charge >= 0.3 is 0 Å². The van der Waals surface area contributed by atoms with Gasteiger partial charge < -0.3 is 16.4 Å². The Morgan fingerprint density at radius 1 is 1.43 bits per heavy atom. The molecule has 114 valence electrons. The Kier molecular flexibility index (Phi) is 5.13. The zero-order valence-corrected chi connectivity index (χ0v) is 13.9. The van der Waals surface area contributed by atoms with Crippen molar-refractivity contribution in [2.24, 2.45) is 0 Å². The number of carbonyl (C=O) groups excluding carboxylic acids is 1. The summed E-state index contributed by atoms with van der Waals surface area (Å²) in [6.45, 7) is 6.50. The highest BCUT2D eigenvalue weighted by atomic mass is 32.1. The summed E-state index contributed by atoms with van der Waals surface area (Å²) in [6.07, 6.45) is 2.80. The second-order valence-electron chi connectivity index (χ2n) is 4.79. The average Bonchev–Trinajstić information content (AvgIpc) is 3.02. The van der Waals surface area contributed by atoms with Crippen molar-refractivity contribution in [1.29, 1.82) is 0 Å². The highest BCUT2D eigenvalue weighted by Gasteiger charge is 2.16. The normalized spacial score (nSPS) is 10.9. The fourth-order valence-corrected chi connectivity index (χ4v) is 3.38. The van der Waals surface area contributed by atoms with E-state index in [1.165, 1.54) is 16.2 Å². The molecule has 8 heteroatoms. The van der Waals surface area contributed by atoms with E-state index in [9.17, 15) is 4.79 Å². The summed E-state index contributed by atoms with van der Waals surface area (Å²) in [4.78, 5) is 22.2. The van der Waals surface area contributed by atoms with Gasteiger partial charge in [-0.25, -0.2) is 9.97 Å². The fourth-order valence-electron chi connectivity index (χ4n) is 1.63. The molecule has 0 atom stereocenters. The van der Waals surface area contributed by atoms with Crippen LogP contribution < -0.4 is 16.4 Å². The molecule has 0 spiro atoms. The van der Waals surface area contributed by atoms with Crippen molar-refractivity contribution in [3.8, 4) is 0 Å². The largest absolute Gasteiger partial charge is 0.382 e. The molecule has 1 amide bonds. The molecular weight excluding hydrogens is 306 g/mol. The number of hydrogen-bond acceptors (Lipinski definition) is 7. The number of carbonyl (C=O) groups is 1. The molecule has 2 aromatic rings. The molecule has 2 heterocycles. The molecule has 0 fully saturated rings. The van der Waals surface area contributed by atoms with E-state index in [4.69, 9.17) is 5.73 Å². The number of nitrogens with two attached hydrogens (primary N) is 1. The van der Waals surface area contributed by atoms with Crippen molar-refractivity contribution in [3.05, 3.63) is 21.0 Å². The first kappa shape index (κ1) is 15.7. The monoisotopic (exact) mass is 325 g/mol. The molecule has 2 aromatic heterocycles. The third-order valence-corrected chi connectivity index (χ3v) is 4.76. The minimum Gasteiger partial charge on any atom is -0.382 e. The molecule has 6 nitrogen and oxygen atoms in total. The standard InChI is InChI=1S/C13H19N5OS2/c1-4-8-5-15-9(20-8)6-16-12(19)10-11(14)18-13(21-10)17-7(2)3/h5,7H,4,6,14H2,1-3H3,(H,16,19)(H,17,18). The SMILES string of the molecule is CCc1cnc(CNC(=O)c2sc(NC(C)C)nc2N)s1. The summed E-state index contributed by atoms with van der Waals surface area (Å²) in [7, 11) is 0. The van der Waals surface area contributed by atoms with Gasteiger partial charge in [0.2, 0.25) is 0 Å². The summed E-state index contributed by atoms with van der Waals surface area (Å²) >= 11 is 2.87. The van der Waals surface area contributed by atoms with Crippen LogP contribution in [0.3, 0.4) is 0 Å². The lowest BCUT2D eigenvalue weighted by molar-refractivity contribution is 0.0955. The van der Waals surface area contributed by atoms with Crippen LogP contribution in [0.5, 0.6) is 0 Å².